The van der Waals surface area contributed by atoms with Crippen molar-refractivity contribution in [3.8, 4) is 0 Å². The van der Waals surface area contributed by atoms with Crippen LogP contribution in [-0.2, 0) is 10.0 Å². The van der Waals surface area contributed by atoms with E-state index in [-0.39, 0.29) is 16.9 Å². The first-order valence-electron chi connectivity index (χ1n) is 4.84. The number of sulfonamides is 1. The Balaban J connectivity index is 2.14. The van der Waals surface area contributed by atoms with Crippen LogP contribution in [0.25, 0.3) is 0 Å². The van der Waals surface area contributed by atoms with E-state index in [9.17, 15) is 13.2 Å². The highest BCUT2D eigenvalue weighted by Crippen LogP contribution is 2.16. The Morgan fingerprint density at radius 2 is 2.00 bits per heavy atom. The number of furan rings is 1. The number of aldehydes is 1. The van der Waals surface area contributed by atoms with Crippen LogP contribution in [0.15, 0.2) is 33.8 Å². The van der Waals surface area contributed by atoms with Crippen LogP contribution in [0, 0.1) is 0 Å². The standard InChI is InChI=1S/C10H11NO4S/c12-7-9-5-6-10(15-9)16(13,14)11-8-3-1-2-4-8/h1-2,5-8,11H,3-4H2. The van der Waals surface area contributed by atoms with Crippen LogP contribution in [0.4, 0.5) is 0 Å². The summed E-state index contributed by atoms with van der Waals surface area (Å²) in [4.78, 5) is 10.4. The summed E-state index contributed by atoms with van der Waals surface area (Å²) in [5.74, 6) is 0.00456. The maximum absolute atomic E-state index is 11.8. The molecular formula is C10H11NO4S. The average molecular weight is 241 g/mol. The number of rotatable bonds is 4. The van der Waals surface area contributed by atoms with Gasteiger partial charge in [-0.3, -0.25) is 4.79 Å². The topological polar surface area (TPSA) is 76.4 Å². The Labute approximate surface area is 93.2 Å². The Morgan fingerprint density at radius 1 is 1.31 bits per heavy atom. The molecule has 0 amide bonds. The van der Waals surface area contributed by atoms with Crippen molar-refractivity contribution in [3.63, 3.8) is 0 Å². The molecule has 1 aliphatic rings. The first-order valence-corrected chi connectivity index (χ1v) is 6.32. The van der Waals surface area contributed by atoms with Gasteiger partial charge in [0.1, 0.15) is 0 Å². The smallest absolute Gasteiger partial charge is 0.274 e. The van der Waals surface area contributed by atoms with Crippen LogP contribution in [-0.4, -0.2) is 20.7 Å². The third-order valence-electron chi connectivity index (χ3n) is 2.31. The van der Waals surface area contributed by atoms with Crippen molar-refractivity contribution < 1.29 is 17.6 Å². The third kappa shape index (κ3) is 2.23. The second kappa shape index (κ2) is 4.23. The fourth-order valence-electron chi connectivity index (χ4n) is 1.53. The molecule has 0 aliphatic heterocycles. The van der Waals surface area contributed by atoms with Crippen LogP contribution < -0.4 is 4.72 Å². The molecule has 6 heteroatoms. The van der Waals surface area contributed by atoms with Gasteiger partial charge in [-0.2, -0.15) is 0 Å². The van der Waals surface area contributed by atoms with E-state index in [1.807, 2.05) is 12.2 Å². The lowest BCUT2D eigenvalue weighted by molar-refractivity contribution is 0.109. The summed E-state index contributed by atoms with van der Waals surface area (Å²) in [5, 5.41) is -0.221. The molecule has 86 valence electrons. The Bertz CT molecular complexity index is 507. The number of hydrogen-bond donors (Lipinski definition) is 1. The van der Waals surface area contributed by atoms with Gasteiger partial charge in [0.2, 0.25) is 5.09 Å². The largest absolute Gasteiger partial charge is 0.440 e. The van der Waals surface area contributed by atoms with E-state index in [1.165, 1.54) is 12.1 Å². The summed E-state index contributed by atoms with van der Waals surface area (Å²) in [6.45, 7) is 0. The molecule has 0 radical (unpaired) electrons. The molecular weight excluding hydrogens is 230 g/mol. The highest BCUT2D eigenvalue weighted by atomic mass is 32.2. The molecule has 0 bridgehead atoms. The first-order chi connectivity index (χ1) is 7.62. The summed E-state index contributed by atoms with van der Waals surface area (Å²) in [7, 11) is -3.65. The minimum atomic E-state index is -3.65. The molecule has 0 aromatic carbocycles. The fraction of sp³-hybridized carbons (Fsp3) is 0.300. The maximum atomic E-state index is 11.8. The SMILES string of the molecule is O=Cc1ccc(S(=O)(=O)NC2CC=CC2)o1. The molecule has 1 aliphatic carbocycles. The van der Waals surface area contributed by atoms with Gasteiger partial charge in [0.05, 0.1) is 0 Å². The van der Waals surface area contributed by atoms with Crippen molar-refractivity contribution >= 4 is 16.3 Å². The van der Waals surface area contributed by atoms with Crippen LogP contribution in [0.2, 0.25) is 0 Å². The van der Waals surface area contributed by atoms with Gasteiger partial charge in [0.15, 0.2) is 12.0 Å². The van der Waals surface area contributed by atoms with E-state index in [2.05, 4.69) is 4.72 Å². The molecule has 1 aromatic heterocycles. The summed E-state index contributed by atoms with van der Waals surface area (Å²) < 4.78 is 30.9. The molecule has 0 atom stereocenters. The Kier molecular flexibility index (Phi) is 2.93. The number of carbonyl (C=O) groups is 1. The van der Waals surface area contributed by atoms with Crippen LogP contribution in [0.5, 0.6) is 0 Å². The molecule has 0 fully saturated rings. The van der Waals surface area contributed by atoms with E-state index >= 15 is 0 Å². The van der Waals surface area contributed by atoms with Gasteiger partial charge >= 0.3 is 0 Å². The highest BCUT2D eigenvalue weighted by molar-refractivity contribution is 7.89. The number of carbonyl (C=O) groups excluding carboxylic acids is 1. The molecule has 16 heavy (non-hydrogen) atoms. The highest BCUT2D eigenvalue weighted by Gasteiger charge is 2.23. The van der Waals surface area contributed by atoms with Gasteiger partial charge in [-0.1, -0.05) is 12.2 Å². The first kappa shape index (κ1) is 11.1. The summed E-state index contributed by atoms with van der Waals surface area (Å²) >= 11 is 0. The monoisotopic (exact) mass is 241 g/mol. The van der Waals surface area contributed by atoms with E-state index in [4.69, 9.17) is 4.42 Å². The maximum Gasteiger partial charge on any atom is 0.274 e. The van der Waals surface area contributed by atoms with E-state index in [0.717, 1.165) is 0 Å². The molecule has 5 nitrogen and oxygen atoms in total. The van der Waals surface area contributed by atoms with Crippen molar-refractivity contribution in [2.75, 3.05) is 0 Å². The predicted octanol–water partition coefficient (Wildman–Crippen LogP) is 1.09. The number of nitrogens with one attached hydrogen (secondary N) is 1. The Hall–Kier alpha value is -1.40. The predicted molar refractivity (Wildman–Crippen MR) is 56.6 cm³/mol. The molecule has 0 unspecified atom stereocenters. The molecule has 1 heterocycles. The van der Waals surface area contributed by atoms with Gasteiger partial charge in [-0.15, -0.1) is 0 Å². The average Bonchev–Trinajstić information content (AvgIpc) is 2.85. The van der Waals surface area contributed by atoms with Crippen LogP contribution >= 0.6 is 0 Å². The quantitative estimate of drug-likeness (QED) is 0.632. The third-order valence-corrected chi connectivity index (χ3v) is 3.71. The van der Waals surface area contributed by atoms with Gasteiger partial charge in [-0.25, -0.2) is 13.1 Å². The number of hydrogen-bond acceptors (Lipinski definition) is 4. The van der Waals surface area contributed by atoms with Gasteiger partial charge in [0.25, 0.3) is 10.0 Å². The van der Waals surface area contributed by atoms with Crippen molar-refractivity contribution in [1.82, 2.24) is 4.72 Å². The lowest BCUT2D eigenvalue weighted by Gasteiger charge is -2.10. The minimum absolute atomic E-state index is 0.00456. The fourth-order valence-corrected chi connectivity index (χ4v) is 2.73. The molecule has 0 saturated carbocycles. The van der Waals surface area contributed by atoms with Gasteiger partial charge < -0.3 is 4.42 Å². The summed E-state index contributed by atoms with van der Waals surface area (Å²) in [6.07, 6.45) is 5.68. The van der Waals surface area contributed by atoms with E-state index in [1.54, 1.807) is 0 Å². The van der Waals surface area contributed by atoms with Crippen molar-refractivity contribution in [1.29, 1.82) is 0 Å². The second-order valence-corrected chi connectivity index (χ2v) is 5.18. The lowest BCUT2D eigenvalue weighted by atomic mass is 10.3. The van der Waals surface area contributed by atoms with Crippen molar-refractivity contribution in [2.24, 2.45) is 0 Å². The summed E-state index contributed by atoms with van der Waals surface area (Å²) in [5.41, 5.74) is 0. The normalized spacial score (nSPS) is 16.8. The van der Waals surface area contributed by atoms with Crippen molar-refractivity contribution in [2.45, 2.75) is 24.0 Å². The van der Waals surface area contributed by atoms with Crippen LogP contribution in [0.1, 0.15) is 23.4 Å². The molecule has 1 N–H and O–H groups in total. The van der Waals surface area contributed by atoms with Gasteiger partial charge in [-0.05, 0) is 25.0 Å². The molecule has 1 aromatic rings. The zero-order valence-corrected chi connectivity index (χ0v) is 9.24. The van der Waals surface area contributed by atoms with E-state index < -0.39 is 10.0 Å². The lowest BCUT2D eigenvalue weighted by Crippen LogP contribution is -2.32. The molecule has 2 rings (SSSR count). The van der Waals surface area contributed by atoms with Crippen molar-refractivity contribution in [3.05, 3.63) is 30.0 Å². The van der Waals surface area contributed by atoms with Gasteiger partial charge in [0, 0.05) is 6.04 Å². The second-order valence-electron chi connectivity index (χ2n) is 3.54. The van der Waals surface area contributed by atoms with Crippen LogP contribution in [0.3, 0.4) is 0 Å². The minimum Gasteiger partial charge on any atom is -0.440 e. The zero-order chi connectivity index (χ0) is 11.6. The molecule has 0 saturated heterocycles. The zero-order valence-electron chi connectivity index (χ0n) is 8.42. The Morgan fingerprint density at radius 3 is 2.56 bits per heavy atom. The van der Waals surface area contributed by atoms with E-state index in [0.29, 0.717) is 19.1 Å². The molecule has 0 spiro atoms. The summed E-state index contributed by atoms with van der Waals surface area (Å²) in [6, 6.07) is 2.48.